The Morgan fingerprint density at radius 1 is 1.27 bits per heavy atom. The summed E-state index contributed by atoms with van der Waals surface area (Å²) >= 11 is 0. The van der Waals surface area contributed by atoms with Crippen molar-refractivity contribution in [2.24, 2.45) is 0 Å². The van der Waals surface area contributed by atoms with Gasteiger partial charge in [-0.15, -0.1) is 0 Å². The predicted molar refractivity (Wildman–Crippen MR) is 83.8 cm³/mol. The number of rotatable bonds is 3. The molecule has 3 aliphatic heterocycles. The van der Waals surface area contributed by atoms with Crippen molar-refractivity contribution in [1.29, 1.82) is 0 Å². The molecular weight excluding hydrogens is 282 g/mol. The van der Waals surface area contributed by atoms with Crippen molar-refractivity contribution in [3.8, 4) is 0 Å². The molecule has 0 bridgehead atoms. The Kier molecular flexibility index (Phi) is 5.33. The third-order valence-electron chi connectivity index (χ3n) is 4.83. The first kappa shape index (κ1) is 16.2. The SMILES string of the molecule is C[C@@H]1CN(C[C@@H]2CCCN2C(=O)[C@H]2CNCCO2)C[C@H](C)O1. The number of likely N-dealkylation sites (tertiary alicyclic amines) is 1. The summed E-state index contributed by atoms with van der Waals surface area (Å²) < 4.78 is 11.4. The average molecular weight is 311 g/mol. The van der Waals surface area contributed by atoms with Gasteiger partial charge in [0.25, 0.3) is 5.91 Å². The lowest BCUT2D eigenvalue weighted by Crippen LogP contribution is -2.54. The van der Waals surface area contributed by atoms with Gasteiger partial charge in [-0.3, -0.25) is 9.69 Å². The van der Waals surface area contributed by atoms with Gasteiger partial charge in [-0.25, -0.2) is 0 Å². The Bertz CT molecular complexity index is 377. The van der Waals surface area contributed by atoms with Crippen LogP contribution < -0.4 is 5.32 Å². The molecule has 22 heavy (non-hydrogen) atoms. The van der Waals surface area contributed by atoms with Crippen LogP contribution >= 0.6 is 0 Å². The van der Waals surface area contributed by atoms with Crippen LogP contribution in [0.15, 0.2) is 0 Å². The van der Waals surface area contributed by atoms with Crippen molar-refractivity contribution >= 4 is 5.91 Å². The highest BCUT2D eigenvalue weighted by Crippen LogP contribution is 2.22. The highest BCUT2D eigenvalue weighted by Gasteiger charge is 2.36. The zero-order valence-corrected chi connectivity index (χ0v) is 13.8. The second-order valence-corrected chi connectivity index (χ2v) is 6.87. The van der Waals surface area contributed by atoms with Crippen LogP contribution in [-0.2, 0) is 14.3 Å². The van der Waals surface area contributed by atoms with Gasteiger partial charge >= 0.3 is 0 Å². The lowest BCUT2D eigenvalue weighted by atomic mass is 10.1. The Morgan fingerprint density at radius 2 is 2.05 bits per heavy atom. The fourth-order valence-corrected chi connectivity index (χ4v) is 3.96. The predicted octanol–water partition coefficient (Wildman–Crippen LogP) is 0.0750. The summed E-state index contributed by atoms with van der Waals surface area (Å²) in [5, 5.41) is 3.25. The van der Waals surface area contributed by atoms with Crippen LogP contribution in [0.3, 0.4) is 0 Å². The van der Waals surface area contributed by atoms with E-state index in [1.54, 1.807) is 0 Å². The van der Waals surface area contributed by atoms with Crippen LogP contribution in [0.2, 0.25) is 0 Å². The van der Waals surface area contributed by atoms with Crippen molar-refractivity contribution in [3.05, 3.63) is 0 Å². The first-order valence-corrected chi connectivity index (χ1v) is 8.64. The number of carbonyl (C=O) groups excluding carboxylic acids is 1. The van der Waals surface area contributed by atoms with Crippen molar-refractivity contribution in [1.82, 2.24) is 15.1 Å². The average Bonchev–Trinajstić information content (AvgIpc) is 2.94. The maximum absolute atomic E-state index is 12.7. The standard InChI is InChI=1S/C16H29N3O3/c1-12-9-18(10-13(2)22-12)11-14-4-3-6-19(14)16(20)15-8-17-5-7-21-15/h12-15,17H,3-11H2,1-2H3/t12-,13+,14-,15+/m0/s1. The van der Waals surface area contributed by atoms with Gasteiger partial charge in [-0.05, 0) is 26.7 Å². The molecule has 0 aromatic heterocycles. The van der Waals surface area contributed by atoms with Crippen LogP contribution in [0.5, 0.6) is 0 Å². The lowest BCUT2D eigenvalue weighted by molar-refractivity contribution is -0.146. The number of nitrogens with one attached hydrogen (secondary N) is 1. The molecule has 4 atom stereocenters. The number of ether oxygens (including phenoxy) is 2. The maximum atomic E-state index is 12.7. The van der Waals surface area contributed by atoms with Gasteiger partial charge in [0, 0.05) is 45.3 Å². The number of nitrogens with zero attached hydrogens (tertiary/aromatic N) is 2. The Balaban J connectivity index is 1.57. The van der Waals surface area contributed by atoms with Crippen LogP contribution in [0.25, 0.3) is 0 Å². The molecule has 126 valence electrons. The third-order valence-corrected chi connectivity index (χ3v) is 4.83. The molecule has 0 aromatic carbocycles. The molecule has 6 nitrogen and oxygen atoms in total. The van der Waals surface area contributed by atoms with Gasteiger partial charge in [-0.2, -0.15) is 0 Å². The quantitative estimate of drug-likeness (QED) is 0.800. The van der Waals surface area contributed by atoms with E-state index in [-0.39, 0.29) is 24.2 Å². The molecule has 0 saturated carbocycles. The van der Waals surface area contributed by atoms with E-state index in [1.165, 1.54) is 0 Å². The van der Waals surface area contributed by atoms with Crippen LogP contribution in [0.1, 0.15) is 26.7 Å². The molecule has 3 aliphatic rings. The maximum Gasteiger partial charge on any atom is 0.253 e. The van der Waals surface area contributed by atoms with Crippen LogP contribution in [-0.4, -0.2) is 85.9 Å². The summed E-state index contributed by atoms with van der Waals surface area (Å²) in [5.41, 5.74) is 0. The Morgan fingerprint density at radius 3 is 2.73 bits per heavy atom. The first-order valence-electron chi connectivity index (χ1n) is 8.64. The Labute approximate surface area is 133 Å². The summed E-state index contributed by atoms with van der Waals surface area (Å²) in [6, 6.07) is 0.329. The fourth-order valence-electron chi connectivity index (χ4n) is 3.96. The topological polar surface area (TPSA) is 54.0 Å². The van der Waals surface area contributed by atoms with E-state index in [4.69, 9.17) is 9.47 Å². The normalized spacial score (nSPS) is 37.5. The summed E-state index contributed by atoms with van der Waals surface area (Å²) in [5.74, 6) is 0.170. The number of carbonyl (C=O) groups is 1. The van der Waals surface area contributed by atoms with Crippen molar-refractivity contribution < 1.29 is 14.3 Å². The molecule has 0 aliphatic carbocycles. The van der Waals surface area contributed by atoms with E-state index in [1.807, 2.05) is 0 Å². The molecule has 1 amide bonds. The zero-order chi connectivity index (χ0) is 15.5. The second-order valence-electron chi connectivity index (χ2n) is 6.87. The molecule has 3 heterocycles. The minimum Gasteiger partial charge on any atom is -0.373 e. The molecule has 0 aromatic rings. The van der Waals surface area contributed by atoms with E-state index >= 15 is 0 Å². The van der Waals surface area contributed by atoms with E-state index in [0.29, 0.717) is 19.2 Å². The van der Waals surface area contributed by atoms with Gasteiger partial charge < -0.3 is 19.7 Å². The molecule has 3 saturated heterocycles. The molecule has 1 N–H and O–H groups in total. The monoisotopic (exact) mass is 311 g/mol. The van der Waals surface area contributed by atoms with Gasteiger partial charge in [0.05, 0.1) is 18.8 Å². The molecule has 3 fully saturated rings. The minimum atomic E-state index is -0.295. The number of morpholine rings is 2. The van der Waals surface area contributed by atoms with E-state index in [0.717, 1.165) is 45.6 Å². The smallest absolute Gasteiger partial charge is 0.253 e. The highest BCUT2D eigenvalue weighted by atomic mass is 16.5. The van der Waals surface area contributed by atoms with Crippen molar-refractivity contribution in [3.63, 3.8) is 0 Å². The molecular formula is C16H29N3O3. The molecule has 0 radical (unpaired) electrons. The van der Waals surface area contributed by atoms with Gasteiger partial charge in [0.1, 0.15) is 6.10 Å². The second kappa shape index (κ2) is 7.25. The van der Waals surface area contributed by atoms with Crippen LogP contribution in [0, 0.1) is 0 Å². The van der Waals surface area contributed by atoms with Gasteiger partial charge in [-0.1, -0.05) is 0 Å². The molecule has 6 heteroatoms. The highest BCUT2D eigenvalue weighted by molar-refractivity contribution is 5.82. The van der Waals surface area contributed by atoms with Crippen molar-refractivity contribution in [2.75, 3.05) is 45.9 Å². The summed E-state index contributed by atoms with van der Waals surface area (Å²) in [6.07, 6.45) is 2.47. The van der Waals surface area contributed by atoms with Crippen molar-refractivity contribution in [2.45, 2.75) is 51.0 Å². The van der Waals surface area contributed by atoms with E-state index < -0.39 is 0 Å². The van der Waals surface area contributed by atoms with E-state index in [9.17, 15) is 4.79 Å². The van der Waals surface area contributed by atoms with E-state index in [2.05, 4.69) is 29.0 Å². The first-order chi connectivity index (χ1) is 10.6. The summed E-state index contributed by atoms with van der Waals surface area (Å²) in [7, 11) is 0. The number of amides is 1. The number of hydrogen-bond donors (Lipinski definition) is 1. The lowest BCUT2D eigenvalue weighted by Gasteiger charge is -2.39. The summed E-state index contributed by atoms with van der Waals surface area (Å²) in [6.45, 7) is 10.1. The largest absolute Gasteiger partial charge is 0.373 e. The third kappa shape index (κ3) is 3.79. The minimum absolute atomic E-state index is 0.170. The fraction of sp³-hybridized carbons (Fsp3) is 0.938. The van der Waals surface area contributed by atoms with Crippen LogP contribution in [0.4, 0.5) is 0 Å². The molecule has 3 rings (SSSR count). The summed E-state index contributed by atoms with van der Waals surface area (Å²) in [4.78, 5) is 17.2. The zero-order valence-electron chi connectivity index (χ0n) is 13.8. The Hall–Kier alpha value is -0.690. The number of hydrogen-bond acceptors (Lipinski definition) is 5. The molecule has 0 unspecified atom stereocenters. The van der Waals surface area contributed by atoms with Gasteiger partial charge in [0.2, 0.25) is 0 Å². The van der Waals surface area contributed by atoms with Gasteiger partial charge in [0.15, 0.2) is 0 Å². The molecule has 0 spiro atoms.